The van der Waals surface area contributed by atoms with Crippen molar-refractivity contribution in [3.63, 3.8) is 0 Å². The van der Waals surface area contributed by atoms with Gasteiger partial charge in [0.15, 0.2) is 11.5 Å². The van der Waals surface area contributed by atoms with Gasteiger partial charge in [-0.3, -0.25) is 13.9 Å². The van der Waals surface area contributed by atoms with Gasteiger partial charge in [0.25, 0.3) is 10.0 Å². The Hall–Kier alpha value is -4.35. The first-order valence-corrected chi connectivity index (χ1v) is 18.2. The minimum absolute atomic E-state index is 0.0714. The van der Waals surface area contributed by atoms with Crippen molar-refractivity contribution < 1.29 is 27.5 Å². The summed E-state index contributed by atoms with van der Waals surface area (Å²) in [5, 5.41) is 3.01. The third kappa shape index (κ3) is 9.86. The van der Waals surface area contributed by atoms with E-state index in [0.717, 1.165) is 31.0 Å². The number of amides is 2. The molecule has 0 aliphatic rings. The number of rotatable bonds is 15. The first kappa shape index (κ1) is 37.5. The fourth-order valence-corrected chi connectivity index (χ4v) is 7.40. The van der Waals surface area contributed by atoms with Gasteiger partial charge in [-0.15, -0.1) is 0 Å². The molecule has 0 aromatic heterocycles. The molecule has 4 aromatic rings. The van der Waals surface area contributed by atoms with Crippen molar-refractivity contribution in [1.29, 1.82) is 0 Å². The van der Waals surface area contributed by atoms with E-state index in [0.29, 0.717) is 18.0 Å². The summed E-state index contributed by atoms with van der Waals surface area (Å²) in [6.45, 7) is 7.67. The van der Waals surface area contributed by atoms with E-state index in [-0.39, 0.29) is 35.4 Å². The van der Waals surface area contributed by atoms with E-state index < -0.39 is 28.5 Å². The molecule has 0 fully saturated rings. The molecule has 4 aromatic carbocycles. The van der Waals surface area contributed by atoms with Crippen LogP contribution in [0, 0.1) is 19.8 Å². The Morgan fingerprint density at radius 2 is 1.47 bits per heavy atom. The van der Waals surface area contributed by atoms with Gasteiger partial charge in [-0.25, -0.2) is 8.42 Å². The van der Waals surface area contributed by atoms with Crippen molar-refractivity contribution in [1.82, 2.24) is 10.2 Å². The molecule has 11 heteroatoms. The third-order valence-corrected chi connectivity index (χ3v) is 10.2. The zero-order valence-corrected chi connectivity index (χ0v) is 31.2. The molecule has 1 atom stereocenters. The molecule has 0 spiro atoms. The topological polar surface area (TPSA) is 105 Å². The van der Waals surface area contributed by atoms with Gasteiger partial charge in [-0.05, 0) is 78.4 Å². The molecule has 4 rings (SSSR count). The minimum Gasteiger partial charge on any atom is -0.493 e. The Kier molecular flexibility index (Phi) is 12.9. The van der Waals surface area contributed by atoms with Gasteiger partial charge in [-0.1, -0.05) is 78.3 Å². The standard InChI is InChI=1S/C38H44BrN3O6S/c1-26(2)23-40-38(44)34(21-29-11-8-7-9-12-29)41(24-30-13-10-14-31(39)20-30)37(43)25-42(32-18-27(3)17-28(4)19-32)49(45,46)33-15-16-35(47-5)36(22-33)48-6/h7-20,22,26,34H,21,23-25H2,1-6H3,(H,40,44)/t34-/m1/s1. The molecule has 0 aliphatic heterocycles. The second-order valence-electron chi connectivity index (χ2n) is 12.4. The quantitative estimate of drug-likeness (QED) is 0.145. The fraction of sp³-hybridized carbons (Fsp3) is 0.316. The van der Waals surface area contributed by atoms with Crippen LogP contribution >= 0.6 is 15.9 Å². The van der Waals surface area contributed by atoms with Crippen molar-refractivity contribution in [2.75, 3.05) is 31.6 Å². The van der Waals surface area contributed by atoms with Gasteiger partial charge in [0.05, 0.1) is 24.8 Å². The number of methoxy groups -OCH3 is 2. The van der Waals surface area contributed by atoms with Gasteiger partial charge in [0.1, 0.15) is 12.6 Å². The summed E-state index contributed by atoms with van der Waals surface area (Å²) in [5.74, 6) is -0.0733. The lowest BCUT2D eigenvalue weighted by Gasteiger charge is -2.34. The van der Waals surface area contributed by atoms with Gasteiger partial charge >= 0.3 is 0 Å². The molecule has 0 bridgehead atoms. The Labute approximate surface area is 298 Å². The number of aryl methyl sites for hydroxylation is 2. The predicted molar refractivity (Wildman–Crippen MR) is 196 cm³/mol. The zero-order chi connectivity index (χ0) is 35.7. The Balaban J connectivity index is 1.85. The largest absolute Gasteiger partial charge is 0.493 e. The van der Waals surface area contributed by atoms with E-state index >= 15 is 0 Å². The Morgan fingerprint density at radius 1 is 0.816 bits per heavy atom. The highest BCUT2D eigenvalue weighted by atomic mass is 79.9. The first-order valence-electron chi connectivity index (χ1n) is 16.0. The summed E-state index contributed by atoms with van der Waals surface area (Å²) in [6.07, 6.45) is 0.233. The monoisotopic (exact) mass is 749 g/mol. The van der Waals surface area contributed by atoms with Gasteiger partial charge in [0, 0.05) is 30.0 Å². The molecular formula is C38H44BrN3O6S. The third-order valence-electron chi connectivity index (χ3n) is 7.91. The molecule has 0 saturated heterocycles. The van der Waals surface area contributed by atoms with Gasteiger partial charge in [0.2, 0.25) is 11.8 Å². The van der Waals surface area contributed by atoms with Crippen LogP contribution in [0.15, 0.2) is 100 Å². The van der Waals surface area contributed by atoms with E-state index in [2.05, 4.69) is 21.2 Å². The van der Waals surface area contributed by atoms with Crippen molar-refractivity contribution in [3.05, 3.63) is 118 Å². The smallest absolute Gasteiger partial charge is 0.264 e. The number of halogens is 1. The SMILES string of the molecule is COc1ccc(S(=O)(=O)N(CC(=O)N(Cc2cccc(Br)c2)[C@H](Cc2ccccc2)C(=O)NCC(C)C)c2cc(C)cc(C)c2)cc1OC. The maximum atomic E-state index is 14.7. The number of carbonyl (C=O) groups is 2. The molecule has 49 heavy (non-hydrogen) atoms. The number of nitrogens with zero attached hydrogens (tertiary/aromatic N) is 2. The van der Waals surface area contributed by atoms with Crippen molar-refractivity contribution in [3.8, 4) is 11.5 Å². The summed E-state index contributed by atoms with van der Waals surface area (Å²) in [7, 11) is -1.44. The maximum absolute atomic E-state index is 14.7. The van der Waals surface area contributed by atoms with Crippen LogP contribution in [0.5, 0.6) is 11.5 Å². The summed E-state index contributed by atoms with van der Waals surface area (Å²) in [4.78, 5) is 30.1. The first-order chi connectivity index (χ1) is 23.3. The maximum Gasteiger partial charge on any atom is 0.264 e. The number of hydrogen-bond donors (Lipinski definition) is 1. The normalized spacial score (nSPS) is 11.9. The second kappa shape index (κ2) is 16.8. The molecule has 1 N–H and O–H groups in total. The molecule has 0 saturated carbocycles. The Bertz CT molecular complexity index is 1850. The number of ether oxygens (including phenoxy) is 2. The van der Waals surface area contributed by atoms with Crippen LogP contribution < -0.4 is 19.1 Å². The van der Waals surface area contributed by atoms with Gasteiger partial charge in [-0.2, -0.15) is 0 Å². The lowest BCUT2D eigenvalue weighted by Crippen LogP contribution is -2.53. The van der Waals surface area contributed by atoms with Crippen LogP contribution in [0.3, 0.4) is 0 Å². The molecule has 0 heterocycles. The number of nitrogens with one attached hydrogen (secondary N) is 1. The number of sulfonamides is 1. The predicted octanol–water partition coefficient (Wildman–Crippen LogP) is 6.69. The molecule has 2 amide bonds. The van der Waals surface area contributed by atoms with Crippen LogP contribution in [-0.2, 0) is 32.6 Å². The summed E-state index contributed by atoms with van der Waals surface area (Å²) < 4.78 is 41.7. The lowest BCUT2D eigenvalue weighted by atomic mass is 10.0. The average Bonchev–Trinajstić information content (AvgIpc) is 3.07. The number of carbonyl (C=O) groups excluding carboxylic acids is 2. The van der Waals surface area contributed by atoms with E-state index in [1.807, 2.05) is 88.4 Å². The molecule has 0 aliphatic carbocycles. The van der Waals surface area contributed by atoms with Crippen molar-refractivity contribution in [2.45, 2.75) is 51.6 Å². The molecular weight excluding hydrogens is 706 g/mol. The minimum atomic E-state index is -4.34. The van der Waals surface area contributed by atoms with E-state index in [1.54, 1.807) is 12.1 Å². The van der Waals surface area contributed by atoms with E-state index in [9.17, 15) is 18.0 Å². The summed E-state index contributed by atoms with van der Waals surface area (Å²) >= 11 is 3.52. The van der Waals surface area contributed by atoms with Crippen LogP contribution in [0.2, 0.25) is 0 Å². The van der Waals surface area contributed by atoms with Crippen LogP contribution in [-0.4, -0.2) is 58.5 Å². The number of hydrogen-bond acceptors (Lipinski definition) is 6. The van der Waals surface area contributed by atoms with Crippen LogP contribution in [0.1, 0.15) is 36.1 Å². The van der Waals surface area contributed by atoms with Crippen LogP contribution in [0.4, 0.5) is 5.69 Å². The highest BCUT2D eigenvalue weighted by Crippen LogP contribution is 2.33. The van der Waals surface area contributed by atoms with Gasteiger partial charge < -0.3 is 19.7 Å². The summed E-state index contributed by atoms with van der Waals surface area (Å²) in [5.41, 5.74) is 3.63. The zero-order valence-electron chi connectivity index (χ0n) is 28.8. The van der Waals surface area contributed by atoms with E-state index in [4.69, 9.17) is 9.47 Å². The molecule has 0 radical (unpaired) electrons. The lowest BCUT2D eigenvalue weighted by molar-refractivity contribution is -0.140. The van der Waals surface area contributed by atoms with Crippen LogP contribution in [0.25, 0.3) is 0 Å². The van der Waals surface area contributed by atoms with Crippen molar-refractivity contribution >= 4 is 43.5 Å². The fourth-order valence-electron chi connectivity index (χ4n) is 5.54. The second-order valence-corrected chi connectivity index (χ2v) is 15.1. The Morgan fingerprint density at radius 3 is 2.08 bits per heavy atom. The highest BCUT2D eigenvalue weighted by Gasteiger charge is 2.35. The number of benzene rings is 4. The number of anilines is 1. The summed E-state index contributed by atoms with van der Waals surface area (Å²) in [6, 6.07) is 25.8. The molecule has 0 unspecified atom stereocenters. The molecule has 9 nitrogen and oxygen atoms in total. The van der Waals surface area contributed by atoms with E-state index in [1.165, 1.54) is 37.3 Å². The highest BCUT2D eigenvalue weighted by molar-refractivity contribution is 9.10. The average molecular weight is 751 g/mol. The molecule has 260 valence electrons. The van der Waals surface area contributed by atoms with Crippen molar-refractivity contribution in [2.24, 2.45) is 5.92 Å².